The molecule has 0 saturated heterocycles. The van der Waals surface area contributed by atoms with Gasteiger partial charge < -0.3 is 0 Å². The lowest BCUT2D eigenvalue weighted by Crippen LogP contribution is -2.37. The third kappa shape index (κ3) is 2.13. The number of rotatable bonds is 1. The lowest BCUT2D eigenvalue weighted by molar-refractivity contribution is 0.595. The molecule has 0 saturated carbocycles. The highest BCUT2D eigenvalue weighted by atomic mass is 32.2. The van der Waals surface area contributed by atoms with E-state index in [2.05, 4.69) is 0 Å². The van der Waals surface area contributed by atoms with Crippen molar-refractivity contribution >= 4 is 27.5 Å². The molecule has 1 aliphatic heterocycles. The second-order valence-electron chi connectivity index (χ2n) is 3.69. The zero-order valence-corrected chi connectivity index (χ0v) is 10.3. The van der Waals surface area contributed by atoms with E-state index in [4.69, 9.17) is 0 Å². The van der Waals surface area contributed by atoms with Gasteiger partial charge >= 0.3 is 0 Å². The highest BCUT2D eigenvalue weighted by Gasteiger charge is 2.27. The van der Waals surface area contributed by atoms with E-state index in [0.717, 1.165) is 10.6 Å². The summed E-state index contributed by atoms with van der Waals surface area (Å²) in [7, 11) is -3.15. The molecule has 3 nitrogen and oxygen atoms in total. The van der Waals surface area contributed by atoms with Crippen LogP contribution in [0.25, 0.3) is 0 Å². The molecule has 0 N–H and O–H groups in total. The van der Waals surface area contributed by atoms with Crippen molar-refractivity contribution in [1.29, 1.82) is 0 Å². The lowest BCUT2D eigenvalue weighted by Gasteiger charge is -2.32. The van der Waals surface area contributed by atoms with E-state index in [9.17, 15) is 8.42 Å². The van der Waals surface area contributed by atoms with Crippen LogP contribution in [-0.4, -0.2) is 26.5 Å². The van der Waals surface area contributed by atoms with E-state index in [1.54, 1.807) is 11.8 Å². The van der Waals surface area contributed by atoms with Crippen molar-refractivity contribution in [2.24, 2.45) is 0 Å². The molecular formula is C10H13NO2S2. The van der Waals surface area contributed by atoms with Crippen LogP contribution in [0, 0.1) is 0 Å². The maximum Gasteiger partial charge on any atom is 0.232 e. The second-order valence-corrected chi connectivity index (χ2v) is 7.08. The van der Waals surface area contributed by atoms with Crippen molar-refractivity contribution in [2.45, 2.75) is 17.1 Å². The first-order valence-electron chi connectivity index (χ1n) is 4.72. The minimum absolute atomic E-state index is 0.301. The molecule has 5 heteroatoms. The Morgan fingerprint density at radius 2 is 2.07 bits per heavy atom. The van der Waals surface area contributed by atoms with Crippen LogP contribution in [0.5, 0.6) is 0 Å². The Hall–Kier alpha value is -0.680. The van der Waals surface area contributed by atoms with Gasteiger partial charge in [0.2, 0.25) is 10.0 Å². The second kappa shape index (κ2) is 3.72. The monoisotopic (exact) mass is 243 g/mol. The first-order chi connectivity index (χ1) is 6.98. The fourth-order valence-corrected chi connectivity index (χ4v) is 3.94. The van der Waals surface area contributed by atoms with Gasteiger partial charge in [-0.2, -0.15) is 0 Å². The molecule has 15 heavy (non-hydrogen) atoms. The van der Waals surface area contributed by atoms with E-state index in [-0.39, 0.29) is 0 Å². The number of hydrogen-bond acceptors (Lipinski definition) is 3. The van der Waals surface area contributed by atoms with E-state index in [1.807, 2.05) is 31.2 Å². The molecule has 1 aromatic rings. The molecule has 2 rings (SSSR count). The third-order valence-electron chi connectivity index (χ3n) is 2.29. The largest absolute Gasteiger partial charge is 0.268 e. The first-order valence-corrected chi connectivity index (χ1v) is 7.44. The summed E-state index contributed by atoms with van der Waals surface area (Å²) in [5, 5.41) is 0.301. The van der Waals surface area contributed by atoms with Gasteiger partial charge in [0.15, 0.2) is 0 Å². The summed E-state index contributed by atoms with van der Waals surface area (Å²) in [6.07, 6.45) is 1.26. The zero-order valence-electron chi connectivity index (χ0n) is 8.67. The van der Waals surface area contributed by atoms with Crippen molar-refractivity contribution in [1.82, 2.24) is 0 Å². The molecule has 1 aliphatic rings. The third-order valence-corrected chi connectivity index (χ3v) is 4.58. The average Bonchev–Trinajstić information content (AvgIpc) is 2.15. The number of thioether (sulfide) groups is 1. The van der Waals surface area contributed by atoms with E-state index < -0.39 is 10.0 Å². The minimum atomic E-state index is -3.15. The Morgan fingerprint density at radius 3 is 2.73 bits per heavy atom. The molecule has 0 aliphatic carbocycles. The lowest BCUT2D eigenvalue weighted by atomic mass is 10.3. The Kier molecular flexibility index (Phi) is 2.68. The van der Waals surface area contributed by atoms with Gasteiger partial charge in [-0.05, 0) is 12.1 Å². The molecular weight excluding hydrogens is 230 g/mol. The van der Waals surface area contributed by atoms with Crippen LogP contribution in [0.15, 0.2) is 29.2 Å². The van der Waals surface area contributed by atoms with Gasteiger partial charge in [-0.25, -0.2) is 8.42 Å². The van der Waals surface area contributed by atoms with Crippen LogP contribution in [0.1, 0.15) is 6.92 Å². The number of para-hydroxylation sites is 1. The molecule has 0 spiro atoms. The van der Waals surface area contributed by atoms with Crippen molar-refractivity contribution in [2.75, 3.05) is 17.1 Å². The fraction of sp³-hybridized carbons (Fsp3) is 0.400. The maximum absolute atomic E-state index is 11.6. The normalized spacial score (nSPS) is 21.2. The summed E-state index contributed by atoms with van der Waals surface area (Å²) in [4.78, 5) is 1.04. The Bertz CT molecular complexity index is 470. The fourth-order valence-electron chi connectivity index (χ4n) is 1.66. The minimum Gasteiger partial charge on any atom is -0.268 e. The van der Waals surface area contributed by atoms with Gasteiger partial charge in [-0.1, -0.05) is 19.1 Å². The SMILES string of the molecule is CC1CN(S(C)(=O)=O)c2ccccc2S1. The topological polar surface area (TPSA) is 37.4 Å². The highest BCUT2D eigenvalue weighted by Crippen LogP contribution is 2.38. The number of anilines is 1. The van der Waals surface area contributed by atoms with Gasteiger partial charge in [-0.15, -0.1) is 11.8 Å². The van der Waals surface area contributed by atoms with Gasteiger partial charge in [-0.3, -0.25) is 4.31 Å². The van der Waals surface area contributed by atoms with Gasteiger partial charge in [0.25, 0.3) is 0 Å². The summed E-state index contributed by atoms with van der Waals surface area (Å²) < 4.78 is 24.7. The standard InChI is InChI=1S/C10H13NO2S2/c1-8-7-11(15(2,12)13)9-5-3-4-6-10(9)14-8/h3-6,8H,7H2,1-2H3. The summed E-state index contributed by atoms with van der Waals surface area (Å²) in [6.45, 7) is 2.60. The predicted molar refractivity (Wildman–Crippen MR) is 64.0 cm³/mol. The molecule has 0 fully saturated rings. The number of nitrogens with zero attached hydrogens (tertiary/aromatic N) is 1. The predicted octanol–water partition coefficient (Wildman–Crippen LogP) is 1.95. The molecule has 0 bridgehead atoms. The molecule has 0 radical (unpaired) electrons. The molecule has 0 amide bonds. The van der Waals surface area contributed by atoms with Crippen LogP contribution in [0.2, 0.25) is 0 Å². The van der Waals surface area contributed by atoms with Crippen molar-refractivity contribution in [3.63, 3.8) is 0 Å². The number of benzene rings is 1. The average molecular weight is 243 g/mol. The highest BCUT2D eigenvalue weighted by molar-refractivity contribution is 8.00. The number of hydrogen-bond donors (Lipinski definition) is 0. The zero-order chi connectivity index (χ0) is 11.1. The molecule has 1 unspecified atom stereocenters. The molecule has 1 heterocycles. The quantitative estimate of drug-likeness (QED) is 0.756. The smallest absolute Gasteiger partial charge is 0.232 e. The first kappa shape index (κ1) is 10.8. The van der Waals surface area contributed by atoms with Crippen LogP contribution < -0.4 is 4.31 Å². The Morgan fingerprint density at radius 1 is 1.40 bits per heavy atom. The molecule has 1 atom stereocenters. The van der Waals surface area contributed by atoms with Crippen LogP contribution in [-0.2, 0) is 10.0 Å². The van der Waals surface area contributed by atoms with Gasteiger partial charge in [0.1, 0.15) is 0 Å². The molecule has 0 aromatic heterocycles. The van der Waals surface area contributed by atoms with Crippen LogP contribution in [0.3, 0.4) is 0 Å². The number of fused-ring (bicyclic) bond motifs is 1. The van der Waals surface area contributed by atoms with Crippen molar-refractivity contribution < 1.29 is 8.42 Å². The Balaban J connectivity index is 2.52. The summed E-state index contributed by atoms with van der Waals surface area (Å²) in [5.41, 5.74) is 0.808. The van der Waals surface area contributed by atoms with E-state index >= 15 is 0 Å². The molecule has 1 aromatic carbocycles. The summed E-state index contributed by atoms with van der Waals surface area (Å²) in [6, 6.07) is 7.63. The van der Waals surface area contributed by atoms with Crippen LogP contribution >= 0.6 is 11.8 Å². The van der Waals surface area contributed by atoms with E-state index in [1.165, 1.54) is 10.6 Å². The van der Waals surface area contributed by atoms with Crippen LogP contribution in [0.4, 0.5) is 5.69 Å². The van der Waals surface area contributed by atoms with Gasteiger partial charge in [0, 0.05) is 16.7 Å². The number of sulfonamides is 1. The Labute approximate surface area is 94.5 Å². The van der Waals surface area contributed by atoms with Crippen molar-refractivity contribution in [3.8, 4) is 0 Å². The van der Waals surface area contributed by atoms with Gasteiger partial charge in [0.05, 0.1) is 11.9 Å². The maximum atomic E-state index is 11.6. The molecule has 82 valence electrons. The summed E-state index contributed by atoms with van der Waals surface area (Å²) in [5.74, 6) is 0. The summed E-state index contributed by atoms with van der Waals surface area (Å²) >= 11 is 1.73. The van der Waals surface area contributed by atoms with Crippen molar-refractivity contribution in [3.05, 3.63) is 24.3 Å². The van der Waals surface area contributed by atoms with E-state index in [0.29, 0.717) is 11.8 Å².